The standard InChI is InChI=1S/C22H25N5O2S/c1-3-15(28)11-25-21(29)19-13(2)18-20(26-12-27-22(18)30-19)23-9-8-14-10-24-17-7-5-4-6-16(14)17/h4-7,10,12,15,24,28H,3,8-9,11H2,1-2H3,(H,25,29)(H,23,26,27). The Morgan fingerprint density at radius 3 is 2.97 bits per heavy atom. The van der Waals surface area contributed by atoms with E-state index in [-0.39, 0.29) is 12.5 Å². The van der Waals surface area contributed by atoms with Crippen molar-refractivity contribution >= 4 is 44.2 Å². The number of amides is 1. The van der Waals surface area contributed by atoms with E-state index in [9.17, 15) is 9.90 Å². The molecule has 0 spiro atoms. The highest BCUT2D eigenvalue weighted by Crippen LogP contribution is 2.33. The van der Waals surface area contributed by atoms with Crippen LogP contribution in [0.4, 0.5) is 5.82 Å². The maximum Gasteiger partial charge on any atom is 0.261 e. The van der Waals surface area contributed by atoms with Crippen molar-refractivity contribution in [3.05, 3.63) is 52.8 Å². The third-order valence-electron chi connectivity index (χ3n) is 5.26. The van der Waals surface area contributed by atoms with Crippen LogP contribution in [-0.2, 0) is 6.42 Å². The van der Waals surface area contributed by atoms with E-state index in [1.54, 1.807) is 0 Å². The molecule has 8 heteroatoms. The van der Waals surface area contributed by atoms with E-state index < -0.39 is 6.10 Å². The van der Waals surface area contributed by atoms with Gasteiger partial charge in [-0.05, 0) is 37.0 Å². The number of aromatic nitrogens is 3. The molecule has 0 aliphatic heterocycles. The molecule has 156 valence electrons. The Hall–Kier alpha value is -2.97. The fourth-order valence-corrected chi connectivity index (χ4v) is 4.58. The molecule has 4 aromatic rings. The van der Waals surface area contributed by atoms with Gasteiger partial charge in [0.2, 0.25) is 0 Å². The lowest BCUT2D eigenvalue weighted by Gasteiger charge is -2.09. The molecule has 7 nitrogen and oxygen atoms in total. The van der Waals surface area contributed by atoms with E-state index in [4.69, 9.17) is 0 Å². The van der Waals surface area contributed by atoms with Gasteiger partial charge in [0.05, 0.1) is 16.4 Å². The number of aromatic amines is 1. The van der Waals surface area contributed by atoms with E-state index >= 15 is 0 Å². The molecule has 0 fully saturated rings. The zero-order valence-electron chi connectivity index (χ0n) is 17.0. The molecule has 1 unspecified atom stereocenters. The van der Waals surface area contributed by atoms with E-state index in [1.165, 1.54) is 28.6 Å². The molecule has 30 heavy (non-hydrogen) atoms. The summed E-state index contributed by atoms with van der Waals surface area (Å²) in [5, 5.41) is 18.0. The number of anilines is 1. The van der Waals surface area contributed by atoms with Gasteiger partial charge in [0.25, 0.3) is 5.91 Å². The van der Waals surface area contributed by atoms with Gasteiger partial charge in [0, 0.05) is 30.2 Å². The molecule has 3 heterocycles. The zero-order valence-corrected chi connectivity index (χ0v) is 17.8. The zero-order chi connectivity index (χ0) is 21.1. The van der Waals surface area contributed by atoms with Crippen LogP contribution in [0.5, 0.6) is 0 Å². The van der Waals surface area contributed by atoms with Gasteiger partial charge in [0.15, 0.2) is 0 Å². The lowest BCUT2D eigenvalue weighted by Crippen LogP contribution is -2.31. The molecular weight excluding hydrogens is 398 g/mol. The van der Waals surface area contributed by atoms with Crippen molar-refractivity contribution in [3.63, 3.8) is 0 Å². The minimum atomic E-state index is -0.537. The summed E-state index contributed by atoms with van der Waals surface area (Å²) in [5.41, 5.74) is 3.24. The number of aliphatic hydroxyl groups is 1. The van der Waals surface area contributed by atoms with Crippen LogP contribution in [0.3, 0.4) is 0 Å². The molecule has 1 atom stereocenters. The topological polar surface area (TPSA) is 103 Å². The highest BCUT2D eigenvalue weighted by molar-refractivity contribution is 7.20. The number of fused-ring (bicyclic) bond motifs is 2. The number of para-hydroxylation sites is 1. The Morgan fingerprint density at radius 2 is 2.13 bits per heavy atom. The number of H-pyrrole nitrogens is 1. The number of hydrogen-bond donors (Lipinski definition) is 4. The lowest BCUT2D eigenvalue weighted by molar-refractivity contribution is 0.0917. The van der Waals surface area contributed by atoms with Crippen LogP contribution >= 0.6 is 11.3 Å². The predicted octanol–water partition coefficient (Wildman–Crippen LogP) is 3.64. The Morgan fingerprint density at radius 1 is 1.30 bits per heavy atom. The van der Waals surface area contributed by atoms with Crippen LogP contribution < -0.4 is 10.6 Å². The smallest absolute Gasteiger partial charge is 0.261 e. The number of benzene rings is 1. The number of rotatable bonds is 8. The highest BCUT2D eigenvalue weighted by Gasteiger charge is 2.19. The molecule has 0 radical (unpaired) electrons. The maximum atomic E-state index is 12.6. The van der Waals surface area contributed by atoms with Gasteiger partial charge < -0.3 is 20.7 Å². The van der Waals surface area contributed by atoms with Crippen molar-refractivity contribution < 1.29 is 9.90 Å². The normalized spacial score (nSPS) is 12.4. The van der Waals surface area contributed by atoms with Crippen LogP contribution in [0.1, 0.15) is 34.1 Å². The number of carbonyl (C=O) groups is 1. The summed E-state index contributed by atoms with van der Waals surface area (Å²) < 4.78 is 0. The number of thiophene rings is 1. The second kappa shape index (κ2) is 8.81. The van der Waals surface area contributed by atoms with Gasteiger partial charge in [-0.2, -0.15) is 0 Å². The summed E-state index contributed by atoms with van der Waals surface area (Å²) in [6.07, 6.45) is 4.48. The lowest BCUT2D eigenvalue weighted by atomic mass is 10.1. The minimum Gasteiger partial charge on any atom is -0.391 e. The number of nitrogens with one attached hydrogen (secondary N) is 3. The second-order valence-electron chi connectivity index (χ2n) is 7.27. The minimum absolute atomic E-state index is 0.187. The highest BCUT2D eigenvalue weighted by atomic mass is 32.1. The summed E-state index contributed by atoms with van der Waals surface area (Å²) in [6.45, 7) is 4.75. The summed E-state index contributed by atoms with van der Waals surface area (Å²) in [7, 11) is 0. The van der Waals surface area contributed by atoms with Gasteiger partial charge in [-0.3, -0.25) is 4.79 Å². The van der Waals surface area contributed by atoms with E-state index in [0.717, 1.165) is 33.5 Å². The molecule has 3 aromatic heterocycles. The van der Waals surface area contributed by atoms with Gasteiger partial charge in [-0.1, -0.05) is 25.1 Å². The molecule has 0 aliphatic rings. The van der Waals surface area contributed by atoms with Crippen molar-refractivity contribution in [3.8, 4) is 0 Å². The first-order valence-electron chi connectivity index (χ1n) is 10.1. The van der Waals surface area contributed by atoms with Crippen LogP contribution in [0.25, 0.3) is 21.1 Å². The average molecular weight is 424 g/mol. The third-order valence-corrected chi connectivity index (χ3v) is 6.46. The van der Waals surface area contributed by atoms with Gasteiger partial charge in [-0.15, -0.1) is 11.3 Å². The molecule has 0 saturated carbocycles. The number of hydrogen-bond acceptors (Lipinski definition) is 6. The van der Waals surface area contributed by atoms with E-state index in [2.05, 4.69) is 37.7 Å². The van der Waals surface area contributed by atoms with Crippen molar-refractivity contribution in [2.24, 2.45) is 0 Å². The first-order valence-corrected chi connectivity index (χ1v) is 10.9. The summed E-state index contributed by atoms with van der Waals surface area (Å²) in [4.78, 5) is 26.0. The first-order chi connectivity index (χ1) is 14.6. The molecule has 0 aliphatic carbocycles. The molecule has 4 rings (SSSR count). The number of aliphatic hydroxyl groups excluding tert-OH is 1. The van der Waals surface area contributed by atoms with Gasteiger partial charge in [-0.25, -0.2) is 9.97 Å². The Kier molecular flexibility index (Phi) is 5.96. The van der Waals surface area contributed by atoms with Gasteiger partial charge in [0.1, 0.15) is 17.0 Å². The molecule has 0 saturated heterocycles. The number of carbonyl (C=O) groups excluding carboxylic acids is 1. The Balaban J connectivity index is 1.50. The van der Waals surface area contributed by atoms with Crippen molar-refractivity contribution in [2.45, 2.75) is 32.8 Å². The van der Waals surface area contributed by atoms with E-state index in [1.807, 2.05) is 32.2 Å². The molecule has 0 bridgehead atoms. The molecule has 1 amide bonds. The van der Waals surface area contributed by atoms with Crippen LogP contribution in [0.15, 0.2) is 36.8 Å². The SMILES string of the molecule is CCC(O)CNC(=O)c1sc2ncnc(NCCc3c[nH]c4ccccc34)c2c1C. The fourth-order valence-electron chi connectivity index (χ4n) is 3.51. The van der Waals surface area contributed by atoms with Crippen molar-refractivity contribution in [1.29, 1.82) is 0 Å². The molecular formula is C22H25N5O2S. The predicted molar refractivity (Wildman–Crippen MR) is 121 cm³/mol. The second-order valence-corrected chi connectivity index (χ2v) is 8.27. The molecule has 1 aromatic carbocycles. The van der Waals surface area contributed by atoms with Gasteiger partial charge >= 0.3 is 0 Å². The number of aryl methyl sites for hydroxylation is 1. The van der Waals surface area contributed by atoms with Crippen molar-refractivity contribution in [2.75, 3.05) is 18.4 Å². The van der Waals surface area contributed by atoms with Crippen molar-refractivity contribution in [1.82, 2.24) is 20.3 Å². The van der Waals surface area contributed by atoms with Crippen LogP contribution in [-0.4, -0.2) is 45.2 Å². The largest absolute Gasteiger partial charge is 0.391 e. The first kappa shape index (κ1) is 20.3. The number of nitrogens with zero attached hydrogens (tertiary/aromatic N) is 2. The summed E-state index contributed by atoms with van der Waals surface area (Å²) in [6, 6.07) is 8.25. The summed E-state index contributed by atoms with van der Waals surface area (Å²) in [5.74, 6) is 0.550. The Labute approximate surface area is 178 Å². The van der Waals surface area contributed by atoms with E-state index in [0.29, 0.717) is 17.8 Å². The quantitative estimate of drug-likeness (QED) is 0.347. The fraction of sp³-hybridized carbons (Fsp3) is 0.318. The third kappa shape index (κ3) is 4.01. The van der Waals surface area contributed by atoms with Crippen LogP contribution in [0.2, 0.25) is 0 Å². The monoisotopic (exact) mass is 423 g/mol. The average Bonchev–Trinajstić information content (AvgIpc) is 3.33. The van der Waals surface area contributed by atoms with Crippen LogP contribution in [0, 0.1) is 6.92 Å². The Bertz CT molecular complexity index is 1180. The molecule has 4 N–H and O–H groups in total. The maximum absolute atomic E-state index is 12.6. The summed E-state index contributed by atoms with van der Waals surface area (Å²) >= 11 is 1.35.